The predicted octanol–water partition coefficient (Wildman–Crippen LogP) is 1.06. The lowest BCUT2D eigenvalue weighted by Gasteiger charge is -2.18. The molecule has 0 radical (unpaired) electrons. The van der Waals surface area contributed by atoms with Gasteiger partial charge in [0.1, 0.15) is 0 Å². The Hall–Kier alpha value is -0.820. The average Bonchev–Trinajstić information content (AvgIpc) is 2.00. The molecule has 7 heteroatoms. The van der Waals surface area contributed by atoms with Crippen molar-refractivity contribution in [1.82, 2.24) is 0 Å². The largest absolute Gasteiger partial charge is 0.481 e. The SMILES string of the molecule is COCCOC(CC(=O)O)C(F)(F)F. The van der Waals surface area contributed by atoms with Crippen molar-refractivity contribution in [2.75, 3.05) is 20.3 Å². The summed E-state index contributed by atoms with van der Waals surface area (Å²) in [5, 5.41) is 8.19. The second-order valence-corrected chi connectivity index (χ2v) is 2.49. The molecule has 0 fully saturated rings. The molecule has 0 aromatic carbocycles. The molecular formula is C7H11F3O4. The van der Waals surface area contributed by atoms with Crippen LogP contribution in [0.4, 0.5) is 13.2 Å². The first-order valence-electron chi connectivity index (χ1n) is 3.77. The molecule has 0 saturated heterocycles. The van der Waals surface area contributed by atoms with E-state index in [9.17, 15) is 18.0 Å². The van der Waals surface area contributed by atoms with Gasteiger partial charge in [-0.05, 0) is 0 Å². The molecule has 0 rings (SSSR count). The molecule has 0 aliphatic heterocycles. The van der Waals surface area contributed by atoms with Crippen molar-refractivity contribution in [3.8, 4) is 0 Å². The highest BCUT2D eigenvalue weighted by molar-refractivity contribution is 5.67. The van der Waals surface area contributed by atoms with Gasteiger partial charge in [-0.2, -0.15) is 13.2 Å². The van der Waals surface area contributed by atoms with Crippen molar-refractivity contribution in [2.45, 2.75) is 18.7 Å². The van der Waals surface area contributed by atoms with Gasteiger partial charge in [-0.3, -0.25) is 4.79 Å². The standard InChI is InChI=1S/C7H11F3O4/c1-13-2-3-14-5(4-6(11)12)7(8,9)10/h5H,2-4H2,1H3,(H,11,12). The molecule has 0 bridgehead atoms. The van der Waals surface area contributed by atoms with Gasteiger partial charge in [0, 0.05) is 7.11 Å². The molecule has 0 amide bonds. The maximum atomic E-state index is 12.1. The first-order chi connectivity index (χ1) is 6.38. The molecule has 1 N–H and O–H groups in total. The Morgan fingerprint density at radius 2 is 2.00 bits per heavy atom. The number of ether oxygens (including phenoxy) is 2. The second kappa shape index (κ2) is 5.82. The zero-order valence-electron chi connectivity index (χ0n) is 7.50. The maximum Gasteiger partial charge on any atom is 0.415 e. The summed E-state index contributed by atoms with van der Waals surface area (Å²) in [5.74, 6) is -1.55. The van der Waals surface area contributed by atoms with Crippen molar-refractivity contribution in [3.05, 3.63) is 0 Å². The van der Waals surface area contributed by atoms with Crippen molar-refractivity contribution < 1.29 is 32.5 Å². The molecular weight excluding hydrogens is 205 g/mol. The number of aliphatic carboxylic acids is 1. The number of halogens is 3. The van der Waals surface area contributed by atoms with Gasteiger partial charge in [-0.1, -0.05) is 0 Å². The number of hydrogen-bond donors (Lipinski definition) is 1. The fourth-order valence-electron chi connectivity index (χ4n) is 0.701. The highest BCUT2D eigenvalue weighted by atomic mass is 19.4. The van der Waals surface area contributed by atoms with E-state index in [-0.39, 0.29) is 13.2 Å². The number of carbonyl (C=O) groups is 1. The minimum Gasteiger partial charge on any atom is -0.481 e. The maximum absolute atomic E-state index is 12.1. The Bertz CT molecular complexity index is 180. The molecule has 1 unspecified atom stereocenters. The van der Waals surface area contributed by atoms with Gasteiger partial charge >= 0.3 is 12.1 Å². The normalized spacial score (nSPS) is 14.0. The van der Waals surface area contributed by atoms with Crippen LogP contribution in [0.1, 0.15) is 6.42 Å². The molecule has 0 heterocycles. The Morgan fingerprint density at radius 3 is 2.36 bits per heavy atom. The van der Waals surface area contributed by atoms with Crippen molar-refractivity contribution >= 4 is 5.97 Å². The molecule has 84 valence electrons. The van der Waals surface area contributed by atoms with Gasteiger partial charge in [0.15, 0.2) is 6.10 Å². The summed E-state index contributed by atoms with van der Waals surface area (Å²) < 4.78 is 45.0. The molecule has 0 aliphatic rings. The lowest BCUT2D eigenvalue weighted by atomic mass is 10.2. The van der Waals surface area contributed by atoms with Crippen LogP contribution in [0.25, 0.3) is 0 Å². The van der Waals surface area contributed by atoms with E-state index in [0.717, 1.165) is 0 Å². The molecule has 0 spiro atoms. The van der Waals surface area contributed by atoms with Crippen LogP contribution in [0.5, 0.6) is 0 Å². The molecule has 14 heavy (non-hydrogen) atoms. The Labute approximate surface area is 78.6 Å². The van der Waals surface area contributed by atoms with Gasteiger partial charge in [0.2, 0.25) is 0 Å². The number of hydrogen-bond acceptors (Lipinski definition) is 3. The number of rotatable bonds is 6. The van der Waals surface area contributed by atoms with Crippen LogP contribution in [0, 0.1) is 0 Å². The summed E-state index contributed by atoms with van der Waals surface area (Å²) in [4.78, 5) is 10.1. The molecule has 4 nitrogen and oxygen atoms in total. The van der Waals surface area contributed by atoms with E-state index < -0.39 is 24.7 Å². The zero-order valence-corrected chi connectivity index (χ0v) is 7.50. The highest BCUT2D eigenvalue weighted by Crippen LogP contribution is 2.25. The summed E-state index contributed by atoms with van der Waals surface area (Å²) in [6.07, 6.45) is -8.02. The number of methoxy groups -OCH3 is 1. The van der Waals surface area contributed by atoms with Crippen LogP contribution in [-0.2, 0) is 14.3 Å². The van der Waals surface area contributed by atoms with Crippen molar-refractivity contribution in [1.29, 1.82) is 0 Å². The molecule has 0 aromatic heterocycles. The van der Waals surface area contributed by atoms with Gasteiger partial charge in [-0.25, -0.2) is 0 Å². The van der Waals surface area contributed by atoms with E-state index in [1.165, 1.54) is 7.11 Å². The predicted molar refractivity (Wildman–Crippen MR) is 39.9 cm³/mol. The van der Waals surface area contributed by atoms with E-state index >= 15 is 0 Å². The monoisotopic (exact) mass is 216 g/mol. The first kappa shape index (κ1) is 13.2. The zero-order chi connectivity index (χ0) is 11.2. The molecule has 0 aliphatic carbocycles. The average molecular weight is 216 g/mol. The lowest BCUT2D eigenvalue weighted by Crippen LogP contribution is -2.34. The van der Waals surface area contributed by atoms with Gasteiger partial charge in [0.05, 0.1) is 19.6 Å². The molecule has 1 atom stereocenters. The van der Waals surface area contributed by atoms with E-state index in [1.54, 1.807) is 0 Å². The van der Waals surface area contributed by atoms with Crippen LogP contribution < -0.4 is 0 Å². The number of carboxylic acid groups (broad SMARTS) is 1. The summed E-state index contributed by atoms with van der Waals surface area (Å²) >= 11 is 0. The van der Waals surface area contributed by atoms with Crippen LogP contribution >= 0.6 is 0 Å². The summed E-state index contributed by atoms with van der Waals surface area (Å²) in [7, 11) is 1.31. The second-order valence-electron chi connectivity index (χ2n) is 2.49. The highest BCUT2D eigenvalue weighted by Gasteiger charge is 2.41. The third-order valence-electron chi connectivity index (χ3n) is 1.33. The van der Waals surface area contributed by atoms with Crippen molar-refractivity contribution in [2.24, 2.45) is 0 Å². The topological polar surface area (TPSA) is 55.8 Å². The van der Waals surface area contributed by atoms with Crippen LogP contribution in [0.15, 0.2) is 0 Å². The minimum absolute atomic E-state index is 0.00774. The van der Waals surface area contributed by atoms with E-state index in [1.807, 2.05) is 0 Å². The minimum atomic E-state index is -4.66. The molecule has 0 saturated carbocycles. The van der Waals surface area contributed by atoms with Crippen molar-refractivity contribution in [3.63, 3.8) is 0 Å². The third kappa shape index (κ3) is 5.76. The van der Waals surface area contributed by atoms with Gasteiger partial charge in [-0.15, -0.1) is 0 Å². The van der Waals surface area contributed by atoms with Crippen LogP contribution in [-0.4, -0.2) is 43.7 Å². The van der Waals surface area contributed by atoms with Crippen LogP contribution in [0.3, 0.4) is 0 Å². The Kier molecular flexibility index (Phi) is 5.47. The number of alkyl halides is 3. The molecule has 0 aromatic rings. The fourth-order valence-corrected chi connectivity index (χ4v) is 0.701. The van der Waals surface area contributed by atoms with Crippen LogP contribution in [0.2, 0.25) is 0 Å². The van der Waals surface area contributed by atoms with Gasteiger partial charge < -0.3 is 14.6 Å². The summed E-state index contributed by atoms with van der Waals surface area (Å²) in [5.41, 5.74) is 0. The van der Waals surface area contributed by atoms with E-state index in [2.05, 4.69) is 9.47 Å². The third-order valence-corrected chi connectivity index (χ3v) is 1.33. The van der Waals surface area contributed by atoms with Gasteiger partial charge in [0.25, 0.3) is 0 Å². The summed E-state index contributed by atoms with van der Waals surface area (Å²) in [6.45, 7) is -0.292. The number of carboxylic acids is 1. The van der Waals surface area contributed by atoms with E-state index in [4.69, 9.17) is 5.11 Å². The quantitative estimate of drug-likeness (QED) is 0.674. The first-order valence-corrected chi connectivity index (χ1v) is 3.77. The van der Waals surface area contributed by atoms with E-state index in [0.29, 0.717) is 0 Å². The lowest BCUT2D eigenvalue weighted by molar-refractivity contribution is -0.226. The Balaban J connectivity index is 4.05. The Morgan fingerprint density at radius 1 is 1.43 bits per heavy atom. The summed E-state index contributed by atoms with van der Waals surface area (Å²) in [6, 6.07) is 0. The smallest absolute Gasteiger partial charge is 0.415 e. The fraction of sp³-hybridized carbons (Fsp3) is 0.857.